The zero-order valence-corrected chi connectivity index (χ0v) is 11.9. The lowest BCUT2D eigenvalue weighted by Crippen LogP contribution is -2.44. The SMILES string of the molecule is CC(C)N1CCCC(Oc2cc(C(F)(F)F)nn2C)C1. The van der Waals surface area contributed by atoms with Crippen molar-refractivity contribution >= 4 is 0 Å². The van der Waals surface area contributed by atoms with E-state index in [0.717, 1.165) is 36.7 Å². The third kappa shape index (κ3) is 3.45. The first kappa shape index (κ1) is 15.2. The van der Waals surface area contributed by atoms with Gasteiger partial charge in [0, 0.05) is 25.7 Å². The minimum atomic E-state index is -4.43. The molecule has 2 heterocycles. The molecule has 0 N–H and O–H groups in total. The quantitative estimate of drug-likeness (QED) is 0.858. The summed E-state index contributed by atoms with van der Waals surface area (Å²) < 4.78 is 44.6. The van der Waals surface area contributed by atoms with Crippen molar-refractivity contribution in [2.75, 3.05) is 13.1 Å². The molecule has 0 aliphatic carbocycles. The summed E-state index contributed by atoms with van der Waals surface area (Å²) in [7, 11) is 1.47. The maximum absolute atomic E-state index is 12.6. The molecule has 0 saturated carbocycles. The first-order valence-electron chi connectivity index (χ1n) is 6.79. The Labute approximate surface area is 116 Å². The number of ether oxygens (including phenoxy) is 1. The number of alkyl halides is 3. The van der Waals surface area contributed by atoms with Crippen LogP contribution in [0.15, 0.2) is 6.07 Å². The van der Waals surface area contributed by atoms with Gasteiger partial charge >= 0.3 is 6.18 Å². The Morgan fingerprint density at radius 1 is 1.40 bits per heavy atom. The third-order valence-electron chi connectivity index (χ3n) is 3.55. The number of rotatable bonds is 3. The molecular weight excluding hydrogens is 271 g/mol. The molecule has 1 aliphatic heterocycles. The number of nitrogens with zero attached hydrogens (tertiary/aromatic N) is 3. The number of halogens is 3. The average Bonchev–Trinajstić information content (AvgIpc) is 2.71. The van der Waals surface area contributed by atoms with E-state index in [2.05, 4.69) is 23.8 Å². The molecule has 1 saturated heterocycles. The van der Waals surface area contributed by atoms with Gasteiger partial charge in [-0.3, -0.25) is 4.90 Å². The van der Waals surface area contributed by atoms with Crippen molar-refractivity contribution in [3.05, 3.63) is 11.8 Å². The van der Waals surface area contributed by atoms with Crippen LogP contribution in [0, 0.1) is 0 Å². The van der Waals surface area contributed by atoms with Crippen LogP contribution in [0.2, 0.25) is 0 Å². The first-order chi connectivity index (χ1) is 9.27. The van der Waals surface area contributed by atoms with Crippen LogP contribution in [-0.4, -0.2) is 39.9 Å². The maximum Gasteiger partial charge on any atom is 0.435 e. The van der Waals surface area contributed by atoms with Crippen molar-refractivity contribution < 1.29 is 17.9 Å². The van der Waals surface area contributed by atoms with Crippen LogP contribution < -0.4 is 4.74 Å². The van der Waals surface area contributed by atoms with Crippen molar-refractivity contribution in [3.8, 4) is 5.88 Å². The summed E-state index contributed by atoms with van der Waals surface area (Å²) >= 11 is 0. The normalized spacial score (nSPS) is 21.4. The highest BCUT2D eigenvalue weighted by molar-refractivity contribution is 5.18. The van der Waals surface area contributed by atoms with E-state index >= 15 is 0 Å². The van der Waals surface area contributed by atoms with E-state index in [1.807, 2.05) is 0 Å². The highest BCUT2D eigenvalue weighted by Gasteiger charge is 2.35. The number of likely N-dealkylation sites (tertiary alicyclic amines) is 1. The van der Waals surface area contributed by atoms with Crippen LogP contribution in [0.1, 0.15) is 32.4 Å². The van der Waals surface area contributed by atoms with Gasteiger partial charge in [-0.1, -0.05) is 0 Å². The Morgan fingerprint density at radius 2 is 2.10 bits per heavy atom. The molecule has 2 rings (SSSR count). The fraction of sp³-hybridized carbons (Fsp3) is 0.769. The largest absolute Gasteiger partial charge is 0.473 e. The van der Waals surface area contributed by atoms with Crippen LogP contribution >= 0.6 is 0 Å². The first-order valence-corrected chi connectivity index (χ1v) is 6.79. The molecule has 1 aliphatic rings. The zero-order chi connectivity index (χ0) is 14.9. The zero-order valence-electron chi connectivity index (χ0n) is 11.9. The summed E-state index contributed by atoms with van der Waals surface area (Å²) in [6.45, 7) is 5.96. The molecule has 1 atom stereocenters. The summed E-state index contributed by atoms with van der Waals surface area (Å²) in [5.41, 5.74) is -0.911. The molecule has 0 radical (unpaired) electrons. The minimum absolute atomic E-state index is 0.0809. The number of aryl methyl sites for hydroxylation is 1. The molecule has 1 fully saturated rings. The number of hydrogen-bond donors (Lipinski definition) is 0. The van der Waals surface area contributed by atoms with E-state index in [1.54, 1.807) is 0 Å². The monoisotopic (exact) mass is 291 g/mol. The second-order valence-corrected chi connectivity index (χ2v) is 5.46. The standard InChI is InChI=1S/C13H20F3N3O/c1-9(2)19-6-4-5-10(8-19)20-12-7-11(13(14,15)16)17-18(12)3/h7,9-10H,4-6,8H2,1-3H3. The number of piperidine rings is 1. The molecule has 0 aromatic carbocycles. The summed E-state index contributed by atoms with van der Waals surface area (Å²) in [5, 5.41) is 3.45. The fourth-order valence-electron chi connectivity index (χ4n) is 2.40. The molecule has 114 valence electrons. The second kappa shape index (κ2) is 5.63. The van der Waals surface area contributed by atoms with Crippen LogP contribution in [0.25, 0.3) is 0 Å². The minimum Gasteiger partial charge on any atom is -0.473 e. The van der Waals surface area contributed by atoms with Crippen molar-refractivity contribution in [1.29, 1.82) is 0 Å². The third-order valence-corrected chi connectivity index (χ3v) is 3.55. The molecule has 20 heavy (non-hydrogen) atoms. The van der Waals surface area contributed by atoms with Crippen molar-refractivity contribution in [2.24, 2.45) is 7.05 Å². The number of aromatic nitrogens is 2. The Bertz CT molecular complexity index is 456. The average molecular weight is 291 g/mol. The second-order valence-electron chi connectivity index (χ2n) is 5.46. The van der Waals surface area contributed by atoms with Gasteiger partial charge in [0.2, 0.25) is 5.88 Å². The Balaban J connectivity index is 2.05. The summed E-state index contributed by atoms with van der Waals surface area (Å²) in [4.78, 5) is 2.27. The molecule has 1 aromatic rings. The van der Waals surface area contributed by atoms with Gasteiger partial charge < -0.3 is 4.74 Å². The van der Waals surface area contributed by atoms with Gasteiger partial charge in [0.05, 0.1) is 0 Å². The summed E-state index contributed by atoms with van der Waals surface area (Å²) in [6.07, 6.45) is -2.67. The Hall–Kier alpha value is -1.24. The van der Waals surface area contributed by atoms with Gasteiger partial charge in [-0.2, -0.15) is 18.3 Å². The van der Waals surface area contributed by atoms with E-state index in [1.165, 1.54) is 7.05 Å². The lowest BCUT2D eigenvalue weighted by atomic mass is 10.1. The van der Waals surface area contributed by atoms with E-state index in [4.69, 9.17) is 4.74 Å². The van der Waals surface area contributed by atoms with Gasteiger partial charge in [0.25, 0.3) is 0 Å². The highest BCUT2D eigenvalue weighted by atomic mass is 19.4. The lowest BCUT2D eigenvalue weighted by Gasteiger charge is -2.35. The van der Waals surface area contributed by atoms with Gasteiger partial charge in [-0.15, -0.1) is 0 Å². The van der Waals surface area contributed by atoms with Gasteiger partial charge in [-0.25, -0.2) is 4.68 Å². The van der Waals surface area contributed by atoms with Gasteiger partial charge in [0.15, 0.2) is 5.69 Å². The van der Waals surface area contributed by atoms with E-state index in [9.17, 15) is 13.2 Å². The molecule has 1 aromatic heterocycles. The van der Waals surface area contributed by atoms with Gasteiger partial charge in [0.1, 0.15) is 6.10 Å². The van der Waals surface area contributed by atoms with Crippen molar-refractivity contribution in [2.45, 2.75) is 45.0 Å². The van der Waals surface area contributed by atoms with Crippen molar-refractivity contribution in [1.82, 2.24) is 14.7 Å². The van der Waals surface area contributed by atoms with Crippen LogP contribution in [0.4, 0.5) is 13.2 Å². The van der Waals surface area contributed by atoms with Crippen LogP contribution in [-0.2, 0) is 13.2 Å². The highest BCUT2D eigenvalue weighted by Crippen LogP contribution is 2.31. The maximum atomic E-state index is 12.6. The summed E-state index contributed by atoms with van der Waals surface area (Å²) in [5.74, 6) is 0.174. The molecule has 0 bridgehead atoms. The molecule has 7 heteroatoms. The predicted molar refractivity (Wildman–Crippen MR) is 68.6 cm³/mol. The fourth-order valence-corrected chi connectivity index (χ4v) is 2.40. The van der Waals surface area contributed by atoms with Crippen LogP contribution in [0.5, 0.6) is 5.88 Å². The Kier molecular flexibility index (Phi) is 4.27. The van der Waals surface area contributed by atoms with Gasteiger partial charge in [-0.05, 0) is 33.2 Å². The number of hydrogen-bond acceptors (Lipinski definition) is 3. The molecular formula is C13H20F3N3O. The molecule has 4 nitrogen and oxygen atoms in total. The van der Waals surface area contributed by atoms with Crippen molar-refractivity contribution in [3.63, 3.8) is 0 Å². The van der Waals surface area contributed by atoms with E-state index in [-0.39, 0.29) is 12.0 Å². The smallest absolute Gasteiger partial charge is 0.435 e. The molecule has 1 unspecified atom stereocenters. The topological polar surface area (TPSA) is 30.3 Å². The van der Waals surface area contributed by atoms with E-state index in [0.29, 0.717) is 6.04 Å². The van der Waals surface area contributed by atoms with E-state index < -0.39 is 11.9 Å². The Morgan fingerprint density at radius 3 is 2.65 bits per heavy atom. The molecule has 0 spiro atoms. The van der Waals surface area contributed by atoms with Crippen LogP contribution in [0.3, 0.4) is 0 Å². The predicted octanol–water partition coefficient (Wildman–Crippen LogP) is 2.69. The summed E-state index contributed by atoms with van der Waals surface area (Å²) in [6, 6.07) is 1.38. The lowest BCUT2D eigenvalue weighted by molar-refractivity contribution is -0.141. The molecule has 0 amide bonds.